The Morgan fingerprint density at radius 1 is 1.04 bits per heavy atom. The van der Waals surface area contributed by atoms with Gasteiger partial charge in [-0.2, -0.15) is 0 Å². The van der Waals surface area contributed by atoms with Crippen molar-refractivity contribution in [2.24, 2.45) is 0 Å². The van der Waals surface area contributed by atoms with E-state index in [-0.39, 0.29) is 18.5 Å². The normalized spacial score (nSPS) is 16.3. The second-order valence-electron chi connectivity index (χ2n) is 5.98. The number of ether oxygens (including phenoxy) is 3. The third-order valence-electron chi connectivity index (χ3n) is 4.05. The highest BCUT2D eigenvalue weighted by molar-refractivity contribution is 9.10. The summed E-state index contributed by atoms with van der Waals surface area (Å²) in [5, 5.41) is 0. The molecule has 1 atom stereocenters. The summed E-state index contributed by atoms with van der Waals surface area (Å²) in [6.07, 6.45) is 2.22. The van der Waals surface area contributed by atoms with Gasteiger partial charge in [-0.1, -0.05) is 28.1 Å². The lowest BCUT2D eigenvalue weighted by Crippen LogP contribution is -2.16. The number of ketones is 1. The third kappa shape index (κ3) is 5.16. The summed E-state index contributed by atoms with van der Waals surface area (Å²) in [5.41, 5.74) is 0.872. The first-order chi connectivity index (χ1) is 12.6. The van der Waals surface area contributed by atoms with Crippen LogP contribution in [0.1, 0.15) is 33.6 Å². The predicted octanol–water partition coefficient (Wildman–Crippen LogP) is 4.05. The van der Waals surface area contributed by atoms with Crippen LogP contribution in [0, 0.1) is 0 Å². The van der Waals surface area contributed by atoms with E-state index in [1.807, 2.05) is 0 Å². The Kier molecular flexibility index (Phi) is 6.41. The Morgan fingerprint density at radius 2 is 1.73 bits per heavy atom. The summed E-state index contributed by atoms with van der Waals surface area (Å²) in [7, 11) is 0. The SMILES string of the molecule is O=C(COC(=O)c1ccc(OCC2CCCO2)cc1)c1ccc(Br)cc1. The number of hydrogen-bond acceptors (Lipinski definition) is 5. The van der Waals surface area contributed by atoms with Crippen LogP contribution in [0.25, 0.3) is 0 Å². The summed E-state index contributed by atoms with van der Waals surface area (Å²) >= 11 is 3.31. The molecule has 2 aromatic carbocycles. The summed E-state index contributed by atoms with van der Waals surface area (Å²) in [6, 6.07) is 13.6. The monoisotopic (exact) mass is 418 g/mol. The molecular formula is C20H19BrO5. The van der Waals surface area contributed by atoms with Crippen molar-refractivity contribution in [2.75, 3.05) is 19.8 Å². The van der Waals surface area contributed by atoms with E-state index in [1.165, 1.54) is 0 Å². The molecule has 1 saturated heterocycles. The van der Waals surface area contributed by atoms with Gasteiger partial charge < -0.3 is 14.2 Å². The van der Waals surface area contributed by atoms with Gasteiger partial charge in [0.1, 0.15) is 12.4 Å². The van der Waals surface area contributed by atoms with E-state index >= 15 is 0 Å². The molecule has 0 spiro atoms. The van der Waals surface area contributed by atoms with Gasteiger partial charge in [0.25, 0.3) is 0 Å². The second kappa shape index (κ2) is 8.96. The van der Waals surface area contributed by atoms with Gasteiger partial charge in [-0.3, -0.25) is 4.79 Å². The molecule has 0 aromatic heterocycles. The maximum Gasteiger partial charge on any atom is 0.338 e. The first-order valence-electron chi connectivity index (χ1n) is 8.42. The van der Waals surface area contributed by atoms with Crippen LogP contribution in [0.15, 0.2) is 53.0 Å². The molecule has 3 rings (SSSR count). The van der Waals surface area contributed by atoms with E-state index in [1.54, 1.807) is 48.5 Å². The van der Waals surface area contributed by atoms with Crippen molar-refractivity contribution in [3.63, 3.8) is 0 Å². The number of carbonyl (C=O) groups excluding carboxylic acids is 2. The number of esters is 1. The number of Topliss-reactive ketones (excluding diaryl/α,β-unsaturated/α-hetero) is 1. The zero-order valence-electron chi connectivity index (χ0n) is 14.2. The molecule has 2 aromatic rings. The predicted molar refractivity (Wildman–Crippen MR) is 99.7 cm³/mol. The van der Waals surface area contributed by atoms with Crippen LogP contribution in [-0.2, 0) is 9.47 Å². The molecule has 6 heteroatoms. The minimum atomic E-state index is -0.541. The van der Waals surface area contributed by atoms with Crippen molar-refractivity contribution in [1.82, 2.24) is 0 Å². The molecule has 0 N–H and O–H groups in total. The maximum absolute atomic E-state index is 12.1. The van der Waals surface area contributed by atoms with Gasteiger partial charge in [0.05, 0.1) is 11.7 Å². The lowest BCUT2D eigenvalue weighted by atomic mass is 10.1. The molecular weight excluding hydrogens is 400 g/mol. The molecule has 0 saturated carbocycles. The van der Waals surface area contributed by atoms with E-state index in [0.717, 1.165) is 23.9 Å². The highest BCUT2D eigenvalue weighted by Crippen LogP contribution is 2.17. The highest BCUT2D eigenvalue weighted by atomic mass is 79.9. The first-order valence-corrected chi connectivity index (χ1v) is 9.21. The van der Waals surface area contributed by atoms with Crippen molar-refractivity contribution in [1.29, 1.82) is 0 Å². The largest absolute Gasteiger partial charge is 0.491 e. The number of benzene rings is 2. The zero-order chi connectivity index (χ0) is 18.4. The Morgan fingerprint density at radius 3 is 2.38 bits per heavy atom. The Labute approximate surface area is 160 Å². The van der Waals surface area contributed by atoms with Gasteiger partial charge in [0.2, 0.25) is 0 Å². The van der Waals surface area contributed by atoms with Gasteiger partial charge in [-0.05, 0) is 49.2 Å². The molecule has 0 amide bonds. The molecule has 0 aliphatic carbocycles. The van der Waals surface area contributed by atoms with Crippen molar-refractivity contribution in [3.05, 3.63) is 64.1 Å². The summed E-state index contributed by atoms with van der Waals surface area (Å²) in [6.45, 7) is 1.00. The lowest BCUT2D eigenvalue weighted by Gasteiger charge is -2.11. The standard InChI is InChI=1S/C20H19BrO5/c21-16-7-3-14(4-8-16)19(22)13-26-20(23)15-5-9-17(10-6-15)25-12-18-2-1-11-24-18/h3-10,18H,1-2,11-13H2. The van der Waals surface area contributed by atoms with E-state index in [2.05, 4.69) is 15.9 Å². The summed E-state index contributed by atoms with van der Waals surface area (Å²) < 4.78 is 17.1. The van der Waals surface area contributed by atoms with Crippen molar-refractivity contribution in [2.45, 2.75) is 18.9 Å². The number of halogens is 1. The molecule has 5 nitrogen and oxygen atoms in total. The van der Waals surface area contributed by atoms with E-state index in [9.17, 15) is 9.59 Å². The molecule has 1 unspecified atom stereocenters. The lowest BCUT2D eigenvalue weighted by molar-refractivity contribution is 0.0474. The average Bonchev–Trinajstić information content (AvgIpc) is 3.19. The Hall–Kier alpha value is -2.18. The minimum absolute atomic E-state index is 0.143. The van der Waals surface area contributed by atoms with Crippen LogP contribution in [0.4, 0.5) is 0 Å². The number of carbonyl (C=O) groups is 2. The fourth-order valence-corrected chi connectivity index (χ4v) is 2.85. The fraction of sp³-hybridized carbons (Fsp3) is 0.300. The number of rotatable bonds is 7. The van der Waals surface area contributed by atoms with Crippen LogP contribution >= 0.6 is 15.9 Å². The van der Waals surface area contributed by atoms with Crippen LogP contribution in [-0.4, -0.2) is 37.7 Å². The maximum atomic E-state index is 12.1. The minimum Gasteiger partial charge on any atom is -0.491 e. The second-order valence-corrected chi connectivity index (χ2v) is 6.89. The van der Waals surface area contributed by atoms with Gasteiger partial charge in [0, 0.05) is 16.6 Å². The summed E-state index contributed by atoms with van der Waals surface area (Å²) in [4.78, 5) is 24.1. The molecule has 26 heavy (non-hydrogen) atoms. The van der Waals surface area contributed by atoms with Crippen LogP contribution in [0.2, 0.25) is 0 Å². The highest BCUT2D eigenvalue weighted by Gasteiger charge is 2.16. The van der Waals surface area contributed by atoms with Crippen LogP contribution in [0.3, 0.4) is 0 Å². The van der Waals surface area contributed by atoms with Crippen molar-refractivity contribution in [3.8, 4) is 5.75 Å². The van der Waals surface area contributed by atoms with Crippen molar-refractivity contribution < 1.29 is 23.8 Å². The molecule has 1 fully saturated rings. The van der Waals surface area contributed by atoms with E-state index in [4.69, 9.17) is 14.2 Å². The molecule has 136 valence electrons. The van der Waals surface area contributed by atoms with Crippen molar-refractivity contribution >= 4 is 27.7 Å². The molecule has 1 heterocycles. The quantitative estimate of drug-likeness (QED) is 0.501. The molecule has 1 aliphatic rings. The van der Waals surface area contributed by atoms with Gasteiger partial charge in [-0.25, -0.2) is 4.79 Å². The first kappa shape index (κ1) is 18.6. The Bertz CT molecular complexity index is 749. The van der Waals surface area contributed by atoms with Crippen LogP contribution in [0.5, 0.6) is 5.75 Å². The summed E-state index contributed by atoms with van der Waals surface area (Å²) in [5.74, 6) is -0.119. The van der Waals surface area contributed by atoms with Gasteiger partial charge >= 0.3 is 5.97 Å². The fourth-order valence-electron chi connectivity index (χ4n) is 2.59. The molecule has 0 radical (unpaired) electrons. The number of hydrogen-bond donors (Lipinski definition) is 0. The topological polar surface area (TPSA) is 61.8 Å². The van der Waals surface area contributed by atoms with E-state index in [0.29, 0.717) is 23.5 Å². The third-order valence-corrected chi connectivity index (χ3v) is 4.58. The smallest absolute Gasteiger partial charge is 0.338 e. The molecule has 0 bridgehead atoms. The molecule has 1 aliphatic heterocycles. The van der Waals surface area contributed by atoms with Gasteiger partial charge in [-0.15, -0.1) is 0 Å². The Balaban J connectivity index is 1.48. The van der Waals surface area contributed by atoms with Crippen LogP contribution < -0.4 is 4.74 Å². The average molecular weight is 419 g/mol. The zero-order valence-corrected chi connectivity index (χ0v) is 15.7. The van der Waals surface area contributed by atoms with E-state index < -0.39 is 5.97 Å². The van der Waals surface area contributed by atoms with Gasteiger partial charge in [0.15, 0.2) is 12.4 Å².